The van der Waals surface area contributed by atoms with Crippen molar-refractivity contribution in [1.82, 2.24) is 0 Å². The third kappa shape index (κ3) is 5.26. The van der Waals surface area contributed by atoms with Crippen LogP contribution in [-0.4, -0.2) is 32.1 Å². The maximum atomic E-state index is 12.1. The number of Topliss-reactive ketones (excluding diaryl/α,β-unsaturated/α-hetero) is 1. The molecule has 0 aromatic heterocycles. The van der Waals surface area contributed by atoms with Crippen molar-refractivity contribution in [3.05, 3.63) is 35.4 Å². The van der Waals surface area contributed by atoms with Gasteiger partial charge >= 0.3 is 5.97 Å². The third-order valence-electron chi connectivity index (χ3n) is 3.51. The molecule has 1 aromatic rings. The van der Waals surface area contributed by atoms with Crippen molar-refractivity contribution in [2.75, 3.05) is 20.3 Å². The Kier molecular flexibility index (Phi) is 6.75. The lowest BCUT2D eigenvalue weighted by Crippen LogP contribution is -2.30. The van der Waals surface area contributed by atoms with E-state index in [-0.39, 0.29) is 24.4 Å². The van der Waals surface area contributed by atoms with E-state index in [0.29, 0.717) is 6.42 Å². The Labute approximate surface area is 132 Å². The van der Waals surface area contributed by atoms with Gasteiger partial charge in [-0.2, -0.15) is 0 Å². The molecule has 0 amide bonds. The predicted octanol–water partition coefficient (Wildman–Crippen LogP) is 2.92. The Morgan fingerprint density at radius 1 is 1.14 bits per heavy atom. The van der Waals surface area contributed by atoms with Crippen molar-refractivity contribution in [3.8, 4) is 0 Å². The molecule has 4 heteroatoms. The predicted molar refractivity (Wildman–Crippen MR) is 85.9 cm³/mol. The highest BCUT2D eigenvalue weighted by atomic mass is 16.5. The monoisotopic (exact) mass is 306 g/mol. The van der Waals surface area contributed by atoms with Crippen LogP contribution in [0.1, 0.15) is 38.8 Å². The van der Waals surface area contributed by atoms with E-state index in [1.54, 1.807) is 6.92 Å². The number of carbonyl (C=O) groups is 2. The van der Waals surface area contributed by atoms with Gasteiger partial charge in [0, 0.05) is 7.11 Å². The van der Waals surface area contributed by atoms with E-state index < -0.39 is 11.9 Å². The van der Waals surface area contributed by atoms with Gasteiger partial charge in [-0.15, -0.1) is 0 Å². The van der Waals surface area contributed by atoms with Crippen molar-refractivity contribution >= 4 is 11.8 Å². The minimum absolute atomic E-state index is 0.0743. The number of rotatable bonds is 7. The number of methoxy groups -OCH3 is 1. The van der Waals surface area contributed by atoms with Gasteiger partial charge < -0.3 is 9.47 Å². The van der Waals surface area contributed by atoms with Gasteiger partial charge in [0.15, 0.2) is 5.78 Å². The first-order valence-corrected chi connectivity index (χ1v) is 7.57. The van der Waals surface area contributed by atoms with Crippen LogP contribution in [-0.2, 0) is 30.9 Å². The van der Waals surface area contributed by atoms with E-state index in [1.807, 2.05) is 24.3 Å². The first kappa shape index (κ1) is 18.4. The lowest BCUT2D eigenvalue weighted by molar-refractivity contribution is -0.152. The van der Waals surface area contributed by atoms with Gasteiger partial charge in [-0.05, 0) is 29.9 Å². The minimum atomic E-state index is -0.805. The quantitative estimate of drug-likeness (QED) is 0.574. The normalized spacial score (nSPS) is 12.8. The molecular formula is C18H26O4. The molecule has 0 fully saturated rings. The molecule has 0 aliphatic heterocycles. The fourth-order valence-electron chi connectivity index (χ4n) is 2.19. The van der Waals surface area contributed by atoms with Gasteiger partial charge in [-0.3, -0.25) is 9.59 Å². The Morgan fingerprint density at radius 2 is 1.73 bits per heavy atom. The second kappa shape index (κ2) is 8.08. The van der Waals surface area contributed by atoms with Crippen molar-refractivity contribution < 1.29 is 19.1 Å². The van der Waals surface area contributed by atoms with Gasteiger partial charge in [-0.1, -0.05) is 45.0 Å². The van der Waals surface area contributed by atoms with E-state index in [1.165, 1.54) is 12.7 Å². The zero-order valence-electron chi connectivity index (χ0n) is 14.1. The summed E-state index contributed by atoms with van der Waals surface area (Å²) in [7, 11) is 1.44. The Morgan fingerprint density at radius 3 is 2.18 bits per heavy atom. The number of hydrogen-bond acceptors (Lipinski definition) is 4. The zero-order chi connectivity index (χ0) is 16.8. The first-order valence-electron chi connectivity index (χ1n) is 7.57. The van der Waals surface area contributed by atoms with E-state index in [4.69, 9.17) is 9.47 Å². The number of esters is 1. The van der Waals surface area contributed by atoms with Crippen LogP contribution in [0, 0.1) is 5.92 Å². The van der Waals surface area contributed by atoms with E-state index >= 15 is 0 Å². The summed E-state index contributed by atoms with van der Waals surface area (Å²) in [5.74, 6) is -1.54. The maximum Gasteiger partial charge on any atom is 0.316 e. The van der Waals surface area contributed by atoms with E-state index in [0.717, 1.165) is 5.56 Å². The highest BCUT2D eigenvalue weighted by molar-refractivity contribution is 5.99. The molecule has 0 bridgehead atoms. The molecule has 22 heavy (non-hydrogen) atoms. The molecule has 0 aliphatic carbocycles. The lowest BCUT2D eigenvalue weighted by Gasteiger charge is -2.20. The van der Waals surface area contributed by atoms with Crippen molar-refractivity contribution in [2.45, 2.75) is 39.5 Å². The summed E-state index contributed by atoms with van der Waals surface area (Å²) in [5.41, 5.74) is 2.23. The van der Waals surface area contributed by atoms with Crippen molar-refractivity contribution in [2.24, 2.45) is 5.92 Å². The van der Waals surface area contributed by atoms with Crippen LogP contribution < -0.4 is 0 Å². The molecule has 1 aromatic carbocycles. The van der Waals surface area contributed by atoms with E-state index in [2.05, 4.69) is 20.8 Å². The SMILES string of the molecule is CCOC(=O)C(Cc1ccc(C(C)(C)C)cc1)C(=O)COC. The molecule has 0 radical (unpaired) electrons. The fourth-order valence-corrected chi connectivity index (χ4v) is 2.19. The molecule has 0 aliphatic rings. The standard InChI is InChI=1S/C18H26O4/c1-6-22-17(20)15(16(19)12-21-5)11-13-7-9-14(10-8-13)18(2,3)4/h7-10,15H,6,11-12H2,1-5H3. The third-order valence-corrected chi connectivity index (χ3v) is 3.51. The van der Waals surface area contributed by atoms with Crippen LogP contribution in [0.15, 0.2) is 24.3 Å². The minimum Gasteiger partial charge on any atom is -0.465 e. The molecule has 1 unspecified atom stereocenters. The number of ether oxygens (including phenoxy) is 2. The summed E-state index contributed by atoms with van der Waals surface area (Å²) >= 11 is 0. The van der Waals surface area contributed by atoms with Crippen LogP contribution in [0.3, 0.4) is 0 Å². The van der Waals surface area contributed by atoms with Crippen molar-refractivity contribution in [3.63, 3.8) is 0 Å². The Balaban J connectivity index is 2.89. The van der Waals surface area contributed by atoms with Crippen molar-refractivity contribution in [1.29, 1.82) is 0 Å². The smallest absolute Gasteiger partial charge is 0.316 e. The van der Waals surface area contributed by atoms with Gasteiger partial charge in [0.1, 0.15) is 12.5 Å². The molecule has 0 spiro atoms. The average molecular weight is 306 g/mol. The maximum absolute atomic E-state index is 12.1. The Hall–Kier alpha value is -1.68. The molecule has 122 valence electrons. The highest BCUT2D eigenvalue weighted by Crippen LogP contribution is 2.23. The van der Waals surface area contributed by atoms with Gasteiger partial charge in [0.05, 0.1) is 6.61 Å². The van der Waals surface area contributed by atoms with Gasteiger partial charge in [-0.25, -0.2) is 0 Å². The summed E-state index contributed by atoms with van der Waals surface area (Å²) in [6, 6.07) is 8.01. The molecule has 1 rings (SSSR count). The summed E-state index contributed by atoms with van der Waals surface area (Å²) < 4.78 is 9.86. The molecule has 4 nitrogen and oxygen atoms in total. The molecule has 1 atom stereocenters. The molecule has 0 N–H and O–H groups in total. The lowest BCUT2D eigenvalue weighted by atomic mass is 9.86. The van der Waals surface area contributed by atoms with Crippen LogP contribution in [0.25, 0.3) is 0 Å². The molecule has 0 saturated heterocycles. The number of benzene rings is 1. The van der Waals surface area contributed by atoms with Crippen LogP contribution in [0.4, 0.5) is 0 Å². The number of carbonyl (C=O) groups excluding carboxylic acids is 2. The fraction of sp³-hybridized carbons (Fsp3) is 0.556. The van der Waals surface area contributed by atoms with Gasteiger partial charge in [0.2, 0.25) is 0 Å². The van der Waals surface area contributed by atoms with Crippen LogP contribution >= 0.6 is 0 Å². The molecular weight excluding hydrogens is 280 g/mol. The summed E-state index contributed by atoms with van der Waals surface area (Å²) in [6.07, 6.45) is 0.339. The largest absolute Gasteiger partial charge is 0.465 e. The summed E-state index contributed by atoms with van der Waals surface area (Å²) in [6.45, 7) is 8.35. The van der Waals surface area contributed by atoms with E-state index in [9.17, 15) is 9.59 Å². The summed E-state index contributed by atoms with van der Waals surface area (Å²) in [5, 5.41) is 0. The van der Waals surface area contributed by atoms with Crippen LogP contribution in [0.5, 0.6) is 0 Å². The Bertz CT molecular complexity index is 479. The topological polar surface area (TPSA) is 52.6 Å². The zero-order valence-corrected chi connectivity index (χ0v) is 14.1. The van der Waals surface area contributed by atoms with Gasteiger partial charge in [0.25, 0.3) is 0 Å². The molecule has 0 heterocycles. The highest BCUT2D eigenvalue weighted by Gasteiger charge is 2.28. The number of hydrogen-bond donors (Lipinski definition) is 0. The average Bonchev–Trinajstić information content (AvgIpc) is 2.44. The second-order valence-electron chi connectivity index (χ2n) is 6.36. The van der Waals surface area contributed by atoms with Crippen LogP contribution in [0.2, 0.25) is 0 Å². The molecule has 0 saturated carbocycles. The number of ketones is 1. The second-order valence-corrected chi connectivity index (χ2v) is 6.36. The summed E-state index contributed by atoms with van der Waals surface area (Å²) in [4.78, 5) is 24.1. The first-order chi connectivity index (χ1) is 10.3.